The Hall–Kier alpha value is -4.42. The lowest BCUT2D eigenvalue weighted by atomic mass is 10.1. The highest BCUT2D eigenvalue weighted by Gasteiger charge is 2.17. The van der Waals surface area contributed by atoms with Crippen molar-refractivity contribution in [2.75, 3.05) is 5.32 Å². The Morgan fingerprint density at radius 2 is 1.73 bits per heavy atom. The van der Waals surface area contributed by atoms with E-state index in [1.54, 1.807) is 30.3 Å². The first-order chi connectivity index (χ1) is 15.7. The molecule has 0 spiro atoms. The van der Waals surface area contributed by atoms with Crippen LogP contribution in [0, 0.1) is 18.3 Å². The van der Waals surface area contributed by atoms with Crippen molar-refractivity contribution in [3.05, 3.63) is 95.1 Å². The van der Waals surface area contributed by atoms with Gasteiger partial charge in [-0.15, -0.1) is 0 Å². The Bertz CT molecular complexity index is 1390. The Morgan fingerprint density at radius 3 is 2.39 bits per heavy atom. The molecule has 0 radical (unpaired) electrons. The fourth-order valence-electron chi connectivity index (χ4n) is 2.82. The summed E-state index contributed by atoms with van der Waals surface area (Å²) in [4.78, 5) is 23.8. The van der Waals surface area contributed by atoms with E-state index >= 15 is 0 Å². The van der Waals surface area contributed by atoms with Gasteiger partial charge in [0, 0.05) is 0 Å². The van der Waals surface area contributed by atoms with Crippen molar-refractivity contribution in [3.8, 4) is 11.8 Å². The molecular formula is C24H18N2O6S. The van der Waals surface area contributed by atoms with Crippen molar-refractivity contribution in [3.63, 3.8) is 0 Å². The molecule has 3 rings (SSSR count). The molecule has 0 aliphatic rings. The van der Waals surface area contributed by atoms with Crippen LogP contribution in [0.25, 0.3) is 6.08 Å². The van der Waals surface area contributed by atoms with Gasteiger partial charge in [0.2, 0.25) is 0 Å². The number of carboxylic acids is 1. The van der Waals surface area contributed by atoms with E-state index in [2.05, 4.69) is 5.32 Å². The van der Waals surface area contributed by atoms with E-state index in [9.17, 15) is 28.4 Å². The average Bonchev–Trinajstić information content (AvgIpc) is 2.78. The summed E-state index contributed by atoms with van der Waals surface area (Å²) in [6.45, 7) is 1.83. The minimum Gasteiger partial charge on any atom is -0.478 e. The maximum absolute atomic E-state index is 12.5. The summed E-state index contributed by atoms with van der Waals surface area (Å²) < 4.78 is 30.2. The van der Waals surface area contributed by atoms with E-state index < -0.39 is 22.0 Å². The summed E-state index contributed by atoms with van der Waals surface area (Å²) in [5.74, 6) is -2.05. The number of carbonyl (C=O) groups is 2. The Balaban J connectivity index is 1.83. The summed E-state index contributed by atoms with van der Waals surface area (Å²) in [7, 11) is -4.07. The van der Waals surface area contributed by atoms with Crippen LogP contribution in [0.15, 0.2) is 83.3 Å². The molecule has 3 aromatic rings. The van der Waals surface area contributed by atoms with Crippen LogP contribution in [-0.2, 0) is 14.9 Å². The normalized spacial score (nSPS) is 11.3. The smallest absolute Gasteiger partial charge is 0.339 e. The van der Waals surface area contributed by atoms with Crippen LogP contribution < -0.4 is 9.50 Å². The van der Waals surface area contributed by atoms with Gasteiger partial charge >= 0.3 is 16.1 Å². The highest BCUT2D eigenvalue weighted by molar-refractivity contribution is 7.87. The molecule has 2 N–H and O–H groups in total. The number of carbonyl (C=O) groups excluding carboxylic acids is 1. The zero-order valence-electron chi connectivity index (χ0n) is 17.3. The van der Waals surface area contributed by atoms with Gasteiger partial charge in [-0.25, -0.2) is 4.79 Å². The fraction of sp³-hybridized carbons (Fsp3) is 0.0417. The molecule has 0 aliphatic heterocycles. The zero-order chi connectivity index (χ0) is 24.0. The van der Waals surface area contributed by atoms with E-state index in [-0.39, 0.29) is 27.5 Å². The second kappa shape index (κ2) is 9.80. The van der Waals surface area contributed by atoms with Crippen molar-refractivity contribution in [1.29, 1.82) is 5.26 Å². The van der Waals surface area contributed by atoms with Gasteiger partial charge in [0.1, 0.15) is 22.3 Å². The minimum atomic E-state index is -4.07. The first-order valence-electron chi connectivity index (χ1n) is 9.56. The molecular weight excluding hydrogens is 444 g/mol. The van der Waals surface area contributed by atoms with Gasteiger partial charge in [-0.2, -0.15) is 13.7 Å². The van der Waals surface area contributed by atoms with Crippen LogP contribution in [0.2, 0.25) is 0 Å². The maximum atomic E-state index is 12.5. The molecule has 0 fully saturated rings. The molecule has 0 saturated carbocycles. The minimum absolute atomic E-state index is 0.00162. The lowest BCUT2D eigenvalue weighted by Gasteiger charge is -2.09. The second-order valence-electron chi connectivity index (χ2n) is 6.90. The third kappa shape index (κ3) is 5.84. The first kappa shape index (κ1) is 23.2. The van der Waals surface area contributed by atoms with Crippen LogP contribution in [0.4, 0.5) is 5.69 Å². The quantitative estimate of drug-likeness (QED) is 0.308. The number of amides is 1. The fourth-order valence-corrected chi connectivity index (χ4v) is 3.74. The number of rotatable bonds is 7. The number of anilines is 1. The van der Waals surface area contributed by atoms with Gasteiger partial charge in [-0.3, -0.25) is 4.79 Å². The van der Waals surface area contributed by atoms with E-state index in [1.807, 2.05) is 6.92 Å². The number of para-hydroxylation sites is 1. The van der Waals surface area contributed by atoms with Crippen molar-refractivity contribution in [1.82, 2.24) is 0 Å². The molecule has 8 nitrogen and oxygen atoms in total. The number of hydrogen-bond acceptors (Lipinski definition) is 6. The molecule has 166 valence electrons. The molecule has 0 bridgehead atoms. The molecule has 0 atom stereocenters. The largest absolute Gasteiger partial charge is 0.478 e. The standard InChI is InChI=1S/C24H18N2O6S/c1-16-9-11-20(12-10-16)33(30,31)32-19-6-4-5-17(14-19)13-18(15-25)23(27)26-22-8-3-2-7-21(22)24(28)29/h2-14H,1H3,(H,26,27)(H,28,29)/b18-13+. The number of nitriles is 1. The van der Waals surface area contributed by atoms with Crippen LogP contribution in [0.5, 0.6) is 5.75 Å². The zero-order valence-corrected chi connectivity index (χ0v) is 18.2. The third-order valence-electron chi connectivity index (χ3n) is 4.46. The third-order valence-corrected chi connectivity index (χ3v) is 5.72. The van der Waals surface area contributed by atoms with Crippen molar-refractivity contribution >= 4 is 33.8 Å². The van der Waals surface area contributed by atoms with Crippen LogP contribution in [0.3, 0.4) is 0 Å². The highest BCUT2D eigenvalue weighted by Crippen LogP contribution is 2.22. The highest BCUT2D eigenvalue weighted by atomic mass is 32.2. The molecule has 0 aliphatic carbocycles. The van der Waals surface area contributed by atoms with E-state index in [0.29, 0.717) is 5.56 Å². The number of nitrogens with zero attached hydrogens (tertiary/aromatic N) is 1. The van der Waals surface area contributed by atoms with Crippen LogP contribution in [-0.4, -0.2) is 25.4 Å². The van der Waals surface area contributed by atoms with Gasteiger partial charge in [-0.05, 0) is 55.0 Å². The number of carboxylic acid groups (broad SMARTS) is 1. The van der Waals surface area contributed by atoms with E-state index in [1.165, 1.54) is 54.6 Å². The Morgan fingerprint density at radius 1 is 1.03 bits per heavy atom. The second-order valence-corrected chi connectivity index (χ2v) is 8.44. The van der Waals surface area contributed by atoms with Crippen LogP contribution >= 0.6 is 0 Å². The molecule has 0 aromatic heterocycles. The summed E-state index contributed by atoms with van der Waals surface area (Å²) in [5, 5.41) is 21.1. The van der Waals surface area contributed by atoms with Crippen molar-refractivity contribution in [2.45, 2.75) is 11.8 Å². The molecule has 0 saturated heterocycles. The topological polar surface area (TPSA) is 134 Å². The number of aromatic carboxylic acids is 1. The summed E-state index contributed by atoms with van der Waals surface area (Å²) >= 11 is 0. The lowest BCUT2D eigenvalue weighted by molar-refractivity contribution is -0.112. The van der Waals surface area contributed by atoms with Crippen LogP contribution in [0.1, 0.15) is 21.5 Å². The summed E-state index contributed by atoms with van der Waals surface area (Å²) in [5.41, 5.74) is 0.838. The van der Waals surface area contributed by atoms with Crippen molar-refractivity contribution in [2.24, 2.45) is 0 Å². The van der Waals surface area contributed by atoms with E-state index in [0.717, 1.165) is 5.56 Å². The lowest BCUT2D eigenvalue weighted by Crippen LogP contribution is -2.16. The summed E-state index contributed by atoms with van der Waals surface area (Å²) in [6.07, 6.45) is 1.24. The van der Waals surface area contributed by atoms with Gasteiger partial charge in [0.15, 0.2) is 0 Å². The molecule has 3 aromatic carbocycles. The number of benzene rings is 3. The summed E-state index contributed by atoms with van der Waals surface area (Å²) in [6, 6.07) is 19.6. The number of aryl methyl sites for hydroxylation is 1. The average molecular weight is 462 g/mol. The van der Waals surface area contributed by atoms with Crippen molar-refractivity contribution < 1.29 is 27.3 Å². The van der Waals surface area contributed by atoms with Gasteiger partial charge in [0.05, 0.1) is 11.3 Å². The molecule has 0 unspecified atom stereocenters. The maximum Gasteiger partial charge on any atom is 0.339 e. The molecule has 9 heteroatoms. The van der Waals surface area contributed by atoms with Gasteiger partial charge in [-0.1, -0.05) is 42.0 Å². The Kier molecular flexibility index (Phi) is 6.91. The molecule has 0 heterocycles. The van der Waals surface area contributed by atoms with E-state index in [4.69, 9.17) is 4.18 Å². The first-order valence-corrected chi connectivity index (χ1v) is 11.0. The van der Waals surface area contributed by atoms with Gasteiger partial charge < -0.3 is 14.6 Å². The number of hydrogen-bond donors (Lipinski definition) is 2. The predicted molar refractivity (Wildman–Crippen MR) is 121 cm³/mol. The Labute approximate surface area is 190 Å². The number of nitrogens with one attached hydrogen (secondary N) is 1. The molecule has 33 heavy (non-hydrogen) atoms. The van der Waals surface area contributed by atoms with Gasteiger partial charge in [0.25, 0.3) is 5.91 Å². The SMILES string of the molecule is Cc1ccc(S(=O)(=O)Oc2cccc(/C=C(\C#N)C(=O)Nc3ccccc3C(=O)O)c2)cc1. The molecule has 1 amide bonds. The monoisotopic (exact) mass is 462 g/mol. The predicted octanol–water partition coefficient (Wildman–Crippen LogP) is 4.01.